The molecule has 0 amide bonds. The van der Waals surface area contributed by atoms with Crippen molar-refractivity contribution in [2.75, 3.05) is 5.43 Å². The van der Waals surface area contributed by atoms with Crippen LogP contribution in [0.2, 0.25) is 0 Å². The minimum Gasteiger partial charge on any atom is -0.300 e. The normalized spacial score (nSPS) is 43.0. The average molecular weight is 249 g/mol. The van der Waals surface area contributed by atoms with Crippen LogP contribution in [0, 0.1) is 17.8 Å². The first kappa shape index (κ1) is 10.3. The summed E-state index contributed by atoms with van der Waals surface area (Å²) in [5.74, 6) is 8.40. The van der Waals surface area contributed by atoms with Gasteiger partial charge in [-0.1, -0.05) is 0 Å². The van der Waals surface area contributed by atoms with Crippen LogP contribution in [0.4, 0.5) is 5.13 Å². The van der Waals surface area contributed by atoms with E-state index >= 15 is 0 Å². The first-order valence-corrected chi connectivity index (χ1v) is 7.58. The number of hydrazine groups is 1. The molecule has 4 bridgehead atoms. The lowest BCUT2D eigenvalue weighted by atomic mass is 9.49. The summed E-state index contributed by atoms with van der Waals surface area (Å²) in [5, 5.41) is 3.11. The minimum atomic E-state index is 0.417. The number of hydrogen-bond donors (Lipinski definition) is 2. The van der Waals surface area contributed by atoms with Crippen LogP contribution in [0.25, 0.3) is 0 Å². The Labute approximate surface area is 106 Å². The van der Waals surface area contributed by atoms with Crippen molar-refractivity contribution in [3.8, 4) is 0 Å². The molecule has 3 nitrogen and oxygen atoms in total. The Morgan fingerprint density at radius 3 is 2.24 bits per heavy atom. The maximum absolute atomic E-state index is 5.45. The molecular weight excluding hydrogens is 230 g/mol. The van der Waals surface area contributed by atoms with Crippen LogP contribution in [-0.2, 0) is 5.41 Å². The molecule has 0 atom stereocenters. The summed E-state index contributed by atoms with van der Waals surface area (Å²) >= 11 is 1.65. The van der Waals surface area contributed by atoms with E-state index in [2.05, 4.69) is 10.8 Å². The Hall–Kier alpha value is -0.610. The standard InChI is InChI=1S/C13H19N3S/c14-16-12-15-11(7-17-12)13-4-8-1-9(5-13)3-10(2-8)6-13/h7-10H,1-6,14H2,(H,15,16). The van der Waals surface area contributed by atoms with Gasteiger partial charge in [-0.2, -0.15) is 0 Å². The highest BCUT2D eigenvalue weighted by atomic mass is 32.1. The zero-order chi connectivity index (χ0) is 11.5. The second-order valence-electron chi connectivity index (χ2n) is 6.38. The van der Waals surface area contributed by atoms with E-state index in [-0.39, 0.29) is 0 Å². The molecule has 0 saturated heterocycles. The van der Waals surface area contributed by atoms with Gasteiger partial charge in [0.2, 0.25) is 0 Å². The predicted octanol–water partition coefficient (Wildman–Crippen LogP) is 2.90. The molecule has 4 heteroatoms. The fraction of sp³-hybridized carbons (Fsp3) is 0.769. The summed E-state index contributed by atoms with van der Waals surface area (Å²) < 4.78 is 0. The van der Waals surface area contributed by atoms with Crippen LogP contribution in [0.3, 0.4) is 0 Å². The molecule has 92 valence electrons. The van der Waals surface area contributed by atoms with Crippen molar-refractivity contribution in [1.82, 2.24) is 4.98 Å². The number of aromatic nitrogens is 1. The second-order valence-corrected chi connectivity index (χ2v) is 7.24. The fourth-order valence-corrected chi connectivity index (χ4v) is 5.75. The molecule has 5 rings (SSSR count). The number of hydrogen-bond acceptors (Lipinski definition) is 4. The predicted molar refractivity (Wildman–Crippen MR) is 69.8 cm³/mol. The summed E-state index contributed by atoms with van der Waals surface area (Å²) in [5.41, 5.74) is 4.43. The lowest BCUT2D eigenvalue weighted by Crippen LogP contribution is -2.48. The molecule has 4 aliphatic rings. The van der Waals surface area contributed by atoms with Crippen molar-refractivity contribution < 1.29 is 0 Å². The summed E-state index contributed by atoms with van der Waals surface area (Å²) in [6.07, 6.45) is 8.62. The van der Waals surface area contributed by atoms with Gasteiger partial charge in [0.05, 0.1) is 5.69 Å². The molecule has 1 heterocycles. The maximum atomic E-state index is 5.45. The average Bonchev–Trinajstić information content (AvgIpc) is 2.76. The van der Waals surface area contributed by atoms with Crippen molar-refractivity contribution in [1.29, 1.82) is 0 Å². The van der Waals surface area contributed by atoms with Gasteiger partial charge < -0.3 is 0 Å². The van der Waals surface area contributed by atoms with Crippen LogP contribution in [0.5, 0.6) is 0 Å². The van der Waals surface area contributed by atoms with E-state index in [9.17, 15) is 0 Å². The van der Waals surface area contributed by atoms with Crippen LogP contribution >= 0.6 is 11.3 Å². The first-order chi connectivity index (χ1) is 8.27. The van der Waals surface area contributed by atoms with Gasteiger partial charge in [-0.25, -0.2) is 10.8 Å². The van der Waals surface area contributed by atoms with Crippen LogP contribution in [0.15, 0.2) is 5.38 Å². The Kier molecular flexibility index (Phi) is 2.10. The summed E-state index contributed by atoms with van der Waals surface area (Å²) in [7, 11) is 0. The molecule has 3 N–H and O–H groups in total. The molecule has 4 aliphatic carbocycles. The topological polar surface area (TPSA) is 50.9 Å². The molecule has 17 heavy (non-hydrogen) atoms. The maximum Gasteiger partial charge on any atom is 0.197 e. The smallest absolute Gasteiger partial charge is 0.197 e. The number of nitrogens with zero attached hydrogens (tertiary/aromatic N) is 1. The van der Waals surface area contributed by atoms with E-state index in [1.165, 1.54) is 44.2 Å². The molecule has 4 saturated carbocycles. The van der Waals surface area contributed by atoms with E-state index < -0.39 is 0 Å². The highest BCUT2D eigenvalue weighted by Gasteiger charge is 2.52. The molecular formula is C13H19N3S. The molecule has 0 unspecified atom stereocenters. The van der Waals surface area contributed by atoms with Gasteiger partial charge in [-0.3, -0.25) is 5.43 Å². The van der Waals surface area contributed by atoms with Gasteiger partial charge in [0.15, 0.2) is 5.13 Å². The van der Waals surface area contributed by atoms with E-state index in [1.807, 2.05) is 0 Å². The molecule has 0 aromatic carbocycles. The van der Waals surface area contributed by atoms with Gasteiger partial charge in [0.1, 0.15) is 0 Å². The van der Waals surface area contributed by atoms with Gasteiger partial charge in [-0.15, -0.1) is 11.3 Å². The zero-order valence-corrected chi connectivity index (χ0v) is 10.8. The number of nitrogen functional groups attached to an aromatic ring is 1. The number of nitrogens with two attached hydrogens (primary N) is 1. The largest absolute Gasteiger partial charge is 0.300 e. The molecule has 1 aromatic rings. The van der Waals surface area contributed by atoms with Crippen LogP contribution < -0.4 is 11.3 Å². The molecule has 0 radical (unpaired) electrons. The van der Waals surface area contributed by atoms with Crippen LogP contribution in [0.1, 0.15) is 44.2 Å². The quantitative estimate of drug-likeness (QED) is 0.626. The third kappa shape index (κ3) is 1.47. The Morgan fingerprint density at radius 2 is 1.76 bits per heavy atom. The minimum absolute atomic E-state index is 0.417. The van der Waals surface area contributed by atoms with Crippen molar-refractivity contribution in [2.45, 2.75) is 43.9 Å². The van der Waals surface area contributed by atoms with Crippen molar-refractivity contribution >= 4 is 16.5 Å². The Bertz CT molecular complexity index is 404. The molecule has 0 aliphatic heterocycles. The Morgan fingerprint density at radius 1 is 1.18 bits per heavy atom. The number of nitrogens with one attached hydrogen (secondary N) is 1. The molecule has 1 aromatic heterocycles. The van der Waals surface area contributed by atoms with Crippen molar-refractivity contribution in [2.24, 2.45) is 23.6 Å². The van der Waals surface area contributed by atoms with E-state index in [4.69, 9.17) is 10.8 Å². The number of anilines is 1. The van der Waals surface area contributed by atoms with Gasteiger partial charge in [0, 0.05) is 10.8 Å². The van der Waals surface area contributed by atoms with Gasteiger partial charge in [0.25, 0.3) is 0 Å². The third-order valence-electron chi connectivity index (χ3n) is 5.21. The highest BCUT2D eigenvalue weighted by Crippen LogP contribution is 2.60. The molecule has 0 spiro atoms. The van der Waals surface area contributed by atoms with E-state index in [0.717, 1.165) is 22.9 Å². The summed E-state index contributed by atoms with van der Waals surface area (Å²) in [6, 6.07) is 0. The van der Waals surface area contributed by atoms with Gasteiger partial charge in [-0.05, 0) is 56.3 Å². The lowest BCUT2D eigenvalue weighted by Gasteiger charge is -2.56. The monoisotopic (exact) mass is 249 g/mol. The second kappa shape index (κ2) is 3.45. The molecule has 4 fully saturated rings. The van der Waals surface area contributed by atoms with Crippen molar-refractivity contribution in [3.05, 3.63) is 11.1 Å². The number of thiazole rings is 1. The Balaban J connectivity index is 1.72. The van der Waals surface area contributed by atoms with Crippen LogP contribution in [-0.4, -0.2) is 4.98 Å². The first-order valence-electron chi connectivity index (χ1n) is 6.70. The van der Waals surface area contributed by atoms with Crippen molar-refractivity contribution in [3.63, 3.8) is 0 Å². The van der Waals surface area contributed by atoms with E-state index in [0.29, 0.717) is 5.41 Å². The zero-order valence-electron chi connectivity index (χ0n) is 9.98. The number of rotatable bonds is 2. The fourth-order valence-electron chi connectivity index (χ4n) is 5.01. The van der Waals surface area contributed by atoms with Gasteiger partial charge >= 0.3 is 0 Å². The lowest BCUT2D eigenvalue weighted by molar-refractivity contribution is -0.00688. The summed E-state index contributed by atoms with van der Waals surface area (Å²) in [4.78, 5) is 4.70. The SMILES string of the molecule is NNc1nc(C23CC4CC(CC(C4)C2)C3)cs1. The van der Waals surface area contributed by atoms with E-state index in [1.54, 1.807) is 11.3 Å². The highest BCUT2D eigenvalue weighted by molar-refractivity contribution is 7.13. The third-order valence-corrected chi connectivity index (χ3v) is 5.98. The summed E-state index contributed by atoms with van der Waals surface area (Å²) in [6.45, 7) is 0.